The van der Waals surface area contributed by atoms with Crippen LogP contribution < -0.4 is 5.32 Å². The van der Waals surface area contributed by atoms with Crippen LogP contribution in [0.4, 0.5) is 5.69 Å². The Hall–Kier alpha value is -1.36. The van der Waals surface area contributed by atoms with E-state index in [1.807, 2.05) is 33.1 Å². The van der Waals surface area contributed by atoms with Crippen LogP contribution in [0.5, 0.6) is 0 Å². The van der Waals surface area contributed by atoms with Crippen LogP contribution in [0, 0.1) is 12.3 Å². The summed E-state index contributed by atoms with van der Waals surface area (Å²) in [4.78, 5) is 23.8. The van der Waals surface area contributed by atoms with Gasteiger partial charge in [-0.3, -0.25) is 4.79 Å². The van der Waals surface area contributed by atoms with Crippen molar-refractivity contribution in [2.75, 3.05) is 12.4 Å². The lowest BCUT2D eigenvalue weighted by atomic mass is 9.95. The van der Waals surface area contributed by atoms with E-state index in [2.05, 4.69) is 10.1 Å². The number of carbonyl (C=O) groups excluding carboxylic acids is 2. The molecule has 0 fully saturated rings. The number of aryl methyl sites for hydroxylation is 1. The van der Waals surface area contributed by atoms with E-state index in [4.69, 9.17) is 0 Å². The Kier molecular flexibility index (Phi) is 3.93. The van der Waals surface area contributed by atoms with Gasteiger partial charge in [-0.15, -0.1) is 11.3 Å². The van der Waals surface area contributed by atoms with E-state index >= 15 is 0 Å². The van der Waals surface area contributed by atoms with Crippen molar-refractivity contribution in [2.45, 2.75) is 27.7 Å². The fourth-order valence-corrected chi connectivity index (χ4v) is 2.07. The average Bonchev–Trinajstić information content (AvgIpc) is 2.58. The lowest BCUT2D eigenvalue weighted by Gasteiger charge is -2.18. The van der Waals surface area contributed by atoms with Crippen molar-refractivity contribution in [3.05, 3.63) is 15.8 Å². The molecule has 0 bridgehead atoms. The number of amides is 1. The SMILES string of the molecule is COC(=O)c1scc(C)c1NC(=O)C(C)(C)C. The molecule has 1 heterocycles. The van der Waals surface area contributed by atoms with Crippen molar-refractivity contribution >= 4 is 28.9 Å². The van der Waals surface area contributed by atoms with Gasteiger partial charge in [-0.05, 0) is 17.9 Å². The summed E-state index contributed by atoms with van der Waals surface area (Å²) < 4.78 is 4.68. The van der Waals surface area contributed by atoms with E-state index in [1.54, 1.807) is 0 Å². The third-order valence-electron chi connectivity index (χ3n) is 2.27. The number of methoxy groups -OCH3 is 1. The summed E-state index contributed by atoms with van der Waals surface area (Å²) in [5.41, 5.74) is 0.927. The van der Waals surface area contributed by atoms with E-state index in [0.29, 0.717) is 10.6 Å². The van der Waals surface area contributed by atoms with Crippen molar-refractivity contribution in [2.24, 2.45) is 5.41 Å². The number of nitrogens with one attached hydrogen (secondary N) is 1. The number of anilines is 1. The monoisotopic (exact) mass is 255 g/mol. The van der Waals surface area contributed by atoms with Crippen LogP contribution in [0.15, 0.2) is 5.38 Å². The first-order chi connectivity index (χ1) is 7.77. The predicted molar refractivity (Wildman–Crippen MR) is 68.5 cm³/mol. The summed E-state index contributed by atoms with van der Waals surface area (Å²) in [6.45, 7) is 7.31. The van der Waals surface area contributed by atoms with E-state index in [0.717, 1.165) is 5.56 Å². The lowest BCUT2D eigenvalue weighted by molar-refractivity contribution is -0.123. The number of ether oxygens (including phenoxy) is 1. The predicted octanol–water partition coefficient (Wildman–Crippen LogP) is 2.83. The molecule has 94 valence electrons. The summed E-state index contributed by atoms with van der Waals surface area (Å²) in [7, 11) is 1.33. The van der Waals surface area contributed by atoms with Crippen LogP contribution in [0.2, 0.25) is 0 Å². The van der Waals surface area contributed by atoms with Gasteiger partial charge >= 0.3 is 5.97 Å². The molecule has 1 amide bonds. The van der Waals surface area contributed by atoms with Gasteiger partial charge in [0.2, 0.25) is 5.91 Å². The lowest BCUT2D eigenvalue weighted by Crippen LogP contribution is -2.28. The minimum atomic E-state index is -0.498. The molecule has 0 aliphatic rings. The zero-order valence-corrected chi connectivity index (χ0v) is 11.5. The van der Waals surface area contributed by atoms with Gasteiger partial charge in [0, 0.05) is 5.41 Å². The molecule has 0 aromatic carbocycles. The first-order valence-corrected chi connectivity index (χ1v) is 6.13. The molecular weight excluding hydrogens is 238 g/mol. The zero-order chi connectivity index (χ0) is 13.2. The molecule has 0 aliphatic carbocycles. The van der Waals surface area contributed by atoms with Crippen LogP contribution >= 0.6 is 11.3 Å². The number of hydrogen-bond donors (Lipinski definition) is 1. The largest absolute Gasteiger partial charge is 0.465 e. The fraction of sp³-hybridized carbons (Fsp3) is 0.500. The summed E-state index contributed by atoms with van der Waals surface area (Å²) in [6, 6.07) is 0. The topological polar surface area (TPSA) is 55.4 Å². The zero-order valence-electron chi connectivity index (χ0n) is 10.7. The van der Waals surface area contributed by atoms with Crippen molar-refractivity contribution in [1.82, 2.24) is 0 Å². The first kappa shape index (κ1) is 13.7. The third kappa shape index (κ3) is 3.06. The number of esters is 1. The van der Waals surface area contributed by atoms with Gasteiger partial charge in [-0.25, -0.2) is 4.79 Å². The molecule has 0 aliphatic heterocycles. The smallest absolute Gasteiger partial charge is 0.350 e. The molecule has 1 rings (SSSR count). The molecule has 0 unspecified atom stereocenters. The highest BCUT2D eigenvalue weighted by atomic mass is 32.1. The summed E-state index contributed by atoms with van der Waals surface area (Å²) in [5, 5.41) is 4.61. The van der Waals surface area contributed by atoms with Crippen molar-refractivity contribution in [3.63, 3.8) is 0 Å². The Morgan fingerprint density at radius 2 is 1.94 bits per heavy atom. The van der Waals surface area contributed by atoms with Gasteiger partial charge in [-0.1, -0.05) is 20.8 Å². The quantitative estimate of drug-likeness (QED) is 0.827. The Morgan fingerprint density at radius 1 is 1.35 bits per heavy atom. The normalized spacial score (nSPS) is 11.1. The minimum Gasteiger partial charge on any atom is -0.465 e. The second kappa shape index (κ2) is 4.87. The molecule has 0 saturated heterocycles. The Balaban J connectivity index is 3.02. The molecule has 0 radical (unpaired) electrons. The summed E-state index contributed by atoms with van der Waals surface area (Å²) in [6.07, 6.45) is 0. The van der Waals surface area contributed by atoms with Crippen molar-refractivity contribution in [3.8, 4) is 0 Å². The maximum atomic E-state index is 11.9. The molecule has 5 heteroatoms. The van der Waals surface area contributed by atoms with Gasteiger partial charge in [0.05, 0.1) is 12.8 Å². The van der Waals surface area contributed by atoms with Crippen molar-refractivity contribution in [1.29, 1.82) is 0 Å². The van der Waals surface area contributed by atoms with E-state index in [-0.39, 0.29) is 5.91 Å². The maximum Gasteiger partial charge on any atom is 0.350 e. The maximum absolute atomic E-state index is 11.9. The molecule has 17 heavy (non-hydrogen) atoms. The number of hydrogen-bond acceptors (Lipinski definition) is 4. The van der Waals surface area contributed by atoms with Crippen LogP contribution in [0.1, 0.15) is 36.0 Å². The van der Waals surface area contributed by atoms with Gasteiger partial charge in [0.15, 0.2) is 0 Å². The second-order valence-electron chi connectivity index (χ2n) is 4.82. The molecule has 1 aromatic rings. The van der Waals surface area contributed by atoms with Crippen LogP contribution in [-0.4, -0.2) is 19.0 Å². The van der Waals surface area contributed by atoms with Crippen LogP contribution in [0.25, 0.3) is 0 Å². The Labute approximate surface area is 105 Å². The standard InChI is InChI=1S/C12H17NO3S/c1-7-6-17-9(10(14)16-5)8(7)13-11(15)12(2,3)4/h6H,1-5H3,(H,13,15). The van der Waals surface area contributed by atoms with Crippen LogP contribution in [-0.2, 0) is 9.53 Å². The highest BCUT2D eigenvalue weighted by Crippen LogP contribution is 2.29. The number of rotatable bonds is 2. The van der Waals surface area contributed by atoms with Gasteiger partial charge in [-0.2, -0.15) is 0 Å². The minimum absolute atomic E-state index is 0.121. The van der Waals surface area contributed by atoms with Crippen molar-refractivity contribution < 1.29 is 14.3 Å². The molecule has 0 saturated carbocycles. The Morgan fingerprint density at radius 3 is 2.41 bits per heavy atom. The molecule has 0 atom stereocenters. The average molecular weight is 255 g/mol. The van der Waals surface area contributed by atoms with Gasteiger partial charge in [0.25, 0.3) is 0 Å². The van der Waals surface area contributed by atoms with Gasteiger partial charge in [0.1, 0.15) is 4.88 Å². The molecular formula is C12H17NO3S. The molecule has 0 spiro atoms. The third-order valence-corrected chi connectivity index (χ3v) is 3.34. The second-order valence-corrected chi connectivity index (χ2v) is 5.70. The Bertz CT molecular complexity index is 443. The molecule has 1 aromatic heterocycles. The van der Waals surface area contributed by atoms with E-state index < -0.39 is 11.4 Å². The molecule has 4 nitrogen and oxygen atoms in total. The summed E-state index contributed by atoms with van der Waals surface area (Å²) >= 11 is 1.27. The van der Waals surface area contributed by atoms with E-state index in [1.165, 1.54) is 18.4 Å². The molecule has 1 N–H and O–H groups in total. The number of thiophene rings is 1. The number of carbonyl (C=O) groups is 2. The highest BCUT2D eigenvalue weighted by molar-refractivity contribution is 7.12. The first-order valence-electron chi connectivity index (χ1n) is 5.25. The summed E-state index contributed by atoms with van der Waals surface area (Å²) in [5.74, 6) is -0.545. The van der Waals surface area contributed by atoms with E-state index in [9.17, 15) is 9.59 Å². The fourth-order valence-electron chi connectivity index (χ4n) is 1.14. The van der Waals surface area contributed by atoms with Gasteiger partial charge < -0.3 is 10.1 Å². The van der Waals surface area contributed by atoms with Crippen LogP contribution in [0.3, 0.4) is 0 Å². The highest BCUT2D eigenvalue weighted by Gasteiger charge is 2.25.